The van der Waals surface area contributed by atoms with E-state index in [9.17, 15) is 4.79 Å². The fraction of sp³-hybridized carbons (Fsp3) is 0.111. The lowest BCUT2D eigenvalue weighted by atomic mass is 10.2. The molecule has 0 atom stereocenters. The Morgan fingerprint density at radius 3 is 3.00 bits per heavy atom. The van der Waals surface area contributed by atoms with Crippen LogP contribution in [0.3, 0.4) is 0 Å². The largest absolute Gasteiger partial charge is 0.268 e. The Hall–Kier alpha value is -1.42. The van der Waals surface area contributed by atoms with Crippen LogP contribution < -0.4 is 5.56 Å². The maximum atomic E-state index is 11.0. The van der Waals surface area contributed by atoms with E-state index in [-0.39, 0.29) is 5.56 Å². The Balaban J connectivity index is 2.55. The van der Waals surface area contributed by atoms with Gasteiger partial charge in [0.1, 0.15) is 0 Å². The normalized spacial score (nSPS) is 10.2. The highest BCUT2D eigenvalue weighted by molar-refractivity contribution is 7.08. The second-order valence-electron chi connectivity index (χ2n) is 2.78. The summed E-state index contributed by atoms with van der Waals surface area (Å²) in [5.41, 5.74) is 2.43. The summed E-state index contributed by atoms with van der Waals surface area (Å²) in [5, 5.41) is 10.4. The van der Waals surface area contributed by atoms with Gasteiger partial charge in [0.2, 0.25) is 0 Å². The van der Waals surface area contributed by atoms with Gasteiger partial charge in [0.25, 0.3) is 5.56 Å². The number of rotatable bonds is 1. The lowest BCUT2D eigenvalue weighted by Gasteiger charge is -1.96. The number of thiophene rings is 1. The number of aryl methyl sites for hydroxylation is 1. The fourth-order valence-electron chi connectivity index (χ4n) is 1.06. The molecule has 2 aromatic heterocycles. The lowest BCUT2D eigenvalue weighted by Crippen LogP contribution is -2.10. The van der Waals surface area contributed by atoms with Crippen LogP contribution in [0.15, 0.2) is 27.7 Å². The van der Waals surface area contributed by atoms with Crippen LogP contribution in [-0.2, 0) is 0 Å². The second-order valence-corrected chi connectivity index (χ2v) is 3.56. The van der Waals surface area contributed by atoms with Crippen LogP contribution in [0.5, 0.6) is 0 Å². The van der Waals surface area contributed by atoms with E-state index in [4.69, 9.17) is 0 Å². The van der Waals surface area contributed by atoms with Gasteiger partial charge in [0.05, 0.1) is 5.69 Å². The van der Waals surface area contributed by atoms with Crippen molar-refractivity contribution < 1.29 is 0 Å². The molecule has 0 aromatic carbocycles. The van der Waals surface area contributed by atoms with Crippen molar-refractivity contribution in [1.82, 2.24) is 10.2 Å². The van der Waals surface area contributed by atoms with Gasteiger partial charge in [0, 0.05) is 16.5 Å². The zero-order chi connectivity index (χ0) is 9.26. The summed E-state index contributed by atoms with van der Waals surface area (Å²) >= 11 is 1.61. The van der Waals surface area contributed by atoms with Crippen LogP contribution in [0, 0.1) is 6.92 Å². The van der Waals surface area contributed by atoms with E-state index in [1.807, 2.05) is 16.8 Å². The summed E-state index contributed by atoms with van der Waals surface area (Å²) in [6.45, 7) is 1.77. The molecule has 0 fully saturated rings. The van der Waals surface area contributed by atoms with Gasteiger partial charge in [-0.2, -0.15) is 16.4 Å². The number of H-pyrrole nitrogens is 1. The molecule has 0 radical (unpaired) electrons. The molecule has 4 heteroatoms. The fourth-order valence-corrected chi connectivity index (χ4v) is 1.71. The first-order chi connectivity index (χ1) is 6.27. The van der Waals surface area contributed by atoms with Gasteiger partial charge in [-0.05, 0) is 24.4 Å². The van der Waals surface area contributed by atoms with Gasteiger partial charge in [-0.15, -0.1) is 0 Å². The van der Waals surface area contributed by atoms with Gasteiger partial charge in [0.15, 0.2) is 0 Å². The molecular weight excluding hydrogens is 184 g/mol. The highest BCUT2D eigenvalue weighted by Gasteiger charge is 2.01. The van der Waals surface area contributed by atoms with E-state index in [1.165, 1.54) is 0 Å². The summed E-state index contributed by atoms with van der Waals surface area (Å²) in [6.07, 6.45) is 0. The Labute approximate surface area is 79.1 Å². The third-order valence-corrected chi connectivity index (χ3v) is 2.49. The molecule has 2 heterocycles. The van der Waals surface area contributed by atoms with E-state index in [0.717, 1.165) is 11.3 Å². The second kappa shape index (κ2) is 3.14. The first-order valence-electron chi connectivity index (χ1n) is 3.86. The molecule has 0 spiro atoms. The molecule has 66 valence electrons. The Morgan fingerprint density at radius 2 is 2.38 bits per heavy atom. The highest BCUT2D eigenvalue weighted by atomic mass is 32.1. The molecule has 0 amide bonds. The van der Waals surface area contributed by atoms with Crippen molar-refractivity contribution in [2.45, 2.75) is 6.92 Å². The van der Waals surface area contributed by atoms with Crippen molar-refractivity contribution in [1.29, 1.82) is 0 Å². The topological polar surface area (TPSA) is 45.8 Å². The number of hydrogen-bond donors (Lipinski definition) is 1. The zero-order valence-corrected chi connectivity index (χ0v) is 7.89. The Kier molecular flexibility index (Phi) is 1.98. The van der Waals surface area contributed by atoms with E-state index < -0.39 is 0 Å². The molecule has 0 aliphatic carbocycles. The number of aromatic nitrogens is 2. The molecule has 0 aliphatic rings. The third-order valence-electron chi connectivity index (χ3n) is 1.81. The lowest BCUT2D eigenvalue weighted by molar-refractivity contribution is 0.976. The third kappa shape index (κ3) is 1.53. The molecule has 0 aliphatic heterocycles. The molecule has 0 bridgehead atoms. The molecule has 2 aromatic rings. The van der Waals surface area contributed by atoms with Gasteiger partial charge in [-0.1, -0.05) is 0 Å². The molecule has 0 unspecified atom stereocenters. The van der Waals surface area contributed by atoms with Crippen molar-refractivity contribution in [3.05, 3.63) is 38.8 Å². The first-order valence-corrected chi connectivity index (χ1v) is 4.80. The van der Waals surface area contributed by atoms with E-state index in [0.29, 0.717) is 5.56 Å². The Bertz CT molecular complexity index is 459. The van der Waals surface area contributed by atoms with E-state index in [1.54, 1.807) is 24.3 Å². The highest BCUT2D eigenvalue weighted by Crippen LogP contribution is 2.18. The van der Waals surface area contributed by atoms with Crippen LogP contribution in [-0.4, -0.2) is 10.2 Å². The van der Waals surface area contributed by atoms with Crippen LogP contribution >= 0.6 is 11.3 Å². The number of nitrogens with one attached hydrogen (secondary N) is 1. The summed E-state index contributed by atoms with van der Waals surface area (Å²) in [5.74, 6) is 0. The van der Waals surface area contributed by atoms with Gasteiger partial charge in [-0.25, -0.2) is 5.10 Å². The standard InChI is InChI=1S/C9H8N2OS/c1-6-4-8(10-11-9(6)12)7-2-3-13-5-7/h2-5H,1H3,(H,11,12). The minimum atomic E-state index is -0.126. The van der Waals surface area contributed by atoms with Crippen LogP contribution in [0.25, 0.3) is 11.3 Å². The van der Waals surface area contributed by atoms with Crippen molar-refractivity contribution in [3.63, 3.8) is 0 Å². The van der Waals surface area contributed by atoms with Crippen molar-refractivity contribution >= 4 is 11.3 Å². The molecule has 1 N–H and O–H groups in total. The summed E-state index contributed by atoms with van der Waals surface area (Å²) in [6, 6.07) is 3.77. The molecule has 2 rings (SSSR count). The van der Waals surface area contributed by atoms with Gasteiger partial charge in [-0.3, -0.25) is 4.79 Å². The van der Waals surface area contributed by atoms with Crippen LogP contribution in [0.2, 0.25) is 0 Å². The average molecular weight is 192 g/mol. The van der Waals surface area contributed by atoms with Crippen molar-refractivity contribution in [2.24, 2.45) is 0 Å². The first kappa shape index (κ1) is 8.19. The van der Waals surface area contributed by atoms with E-state index in [2.05, 4.69) is 10.2 Å². The number of aromatic amines is 1. The number of hydrogen-bond acceptors (Lipinski definition) is 3. The zero-order valence-electron chi connectivity index (χ0n) is 7.07. The molecular formula is C9H8N2OS. The maximum absolute atomic E-state index is 11.0. The molecule has 0 saturated carbocycles. The van der Waals surface area contributed by atoms with Crippen LogP contribution in [0.1, 0.15) is 5.56 Å². The summed E-state index contributed by atoms with van der Waals surface area (Å²) in [4.78, 5) is 11.0. The van der Waals surface area contributed by atoms with Gasteiger partial charge >= 0.3 is 0 Å². The maximum Gasteiger partial charge on any atom is 0.267 e. The molecule has 3 nitrogen and oxygen atoms in total. The Morgan fingerprint density at radius 1 is 1.54 bits per heavy atom. The minimum absolute atomic E-state index is 0.126. The predicted octanol–water partition coefficient (Wildman–Crippen LogP) is 1.81. The minimum Gasteiger partial charge on any atom is -0.268 e. The quantitative estimate of drug-likeness (QED) is 0.749. The van der Waals surface area contributed by atoms with Crippen molar-refractivity contribution in [2.75, 3.05) is 0 Å². The van der Waals surface area contributed by atoms with Crippen LogP contribution in [0.4, 0.5) is 0 Å². The van der Waals surface area contributed by atoms with Gasteiger partial charge < -0.3 is 0 Å². The monoisotopic (exact) mass is 192 g/mol. The predicted molar refractivity (Wildman–Crippen MR) is 52.9 cm³/mol. The number of nitrogens with zero attached hydrogens (tertiary/aromatic N) is 1. The summed E-state index contributed by atoms with van der Waals surface area (Å²) in [7, 11) is 0. The average Bonchev–Trinajstić information content (AvgIpc) is 2.62. The van der Waals surface area contributed by atoms with Crippen molar-refractivity contribution in [3.8, 4) is 11.3 Å². The molecule has 13 heavy (non-hydrogen) atoms. The summed E-state index contributed by atoms with van der Waals surface area (Å²) < 4.78 is 0. The van der Waals surface area contributed by atoms with E-state index >= 15 is 0 Å². The SMILES string of the molecule is Cc1cc(-c2ccsc2)n[nH]c1=O. The molecule has 0 saturated heterocycles. The smallest absolute Gasteiger partial charge is 0.267 e.